The lowest BCUT2D eigenvalue weighted by atomic mass is 10.0. The molecule has 2 aromatic carbocycles. The summed E-state index contributed by atoms with van der Waals surface area (Å²) in [6.07, 6.45) is -9.79. The third-order valence-corrected chi connectivity index (χ3v) is 5.59. The molecule has 2 aromatic rings. The van der Waals surface area contributed by atoms with Crippen LogP contribution in [0.1, 0.15) is 30.5 Å². The molecule has 13 heteroatoms. The van der Waals surface area contributed by atoms with Crippen LogP contribution >= 0.6 is 0 Å². The molecular formula is C23H19F6N5O2. The smallest absolute Gasteiger partial charge is 0.404 e. The number of piperazine rings is 1. The van der Waals surface area contributed by atoms with Gasteiger partial charge < -0.3 is 19.9 Å². The van der Waals surface area contributed by atoms with Crippen molar-refractivity contribution in [2.24, 2.45) is 0 Å². The van der Waals surface area contributed by atoms with E-state index in [0.29, 0.717) is 0 Å². The summed E-state index contributed by atoms with van der Waals surface area (Å²) in [7, 11) is 0. The molecule has 2 atom stereocenters. The van der Waals surface area contributed by atoms with Gasteiger partial charge in [-0.2, -0.15) is 23.7 Å². The Morgan fingerprint density at radius 3 is 2.28 bits per heavy atom. The van der Waals surface area contributed by atoms with Gasteiger partial charge in [0, 0.05) is 36.9 Å². The molecule has 0 saturated carbocycles. The van der Waals surface area contributed by atoms with E-state index in [0.717, 1.165) is 24.3 Å². The first kappa shape index (κ1) is 26.5. The summed E-state index contributed by atoms with van der Waals surface area (Å²) < 4.78 is 82.5. The highest BCUT2D eigenvalue weighted by Gasteiger charge is 2.37. The zero-order valence-electron chi connectivity index (χ0n) is 18.9. The molecule has 0 radical (unpaired) electrons. The van der Waals surface area contributed by atoms with E-state index < -0.39 is 47.5 Å². The molecule has 1 fully saturated rings. The molecule has 1 aliphatic heterocycles. The molecule has 0 spiro atoms. The van der Waals surface area contributed by atoms with Gasteiger partial charge >= 0.3 is 18.6 Å². The van der Waals surface area contributed by atoms with E-state index in [9.17, 15) is 31.1 Å². The minimum absolute atomic E-state index is 0.0418. The van der Waals surface area contributed by atoms with Gasteiger partial charge in [-0.15, -0.1) is 13.2 Å². The number of carbonyl (C=O) groups is 1. The van der Waals surface area contributed by atoms with E-state index in [2.05, 4.69) is 10.1 Å². The highest BCUT2D eigenvalue weighted by atomic mass is 19.4. The number of carbonyl (C=O) groups excluding carboxylic acids is 1. The molecule has 2 amide bonds. The van der Waals surface area contributed by atoms with Gasteiger partial charge in [-0.1, -0.05) is 0 Å². The number of nitrogens with zero attached hydrogens (tertiary/aromatic N) is 4. The van der Waals surface area contributed by atoms with Crippen LogP contribution in [0.3, 0.4) is 0 Å². The molecule has 0 aromatic heterocycles. The number of alkyl halides is 6. The zero-order valence-corrected chi connectivity index (χ0v) is 18.9. The van der Waals surface area contributed by atoms with Gasteiger partial charge in [-0.25, -0.2) is 4.79 Å². The monoisotopic (exact) mass is 511 g/mol. The van der Waals surface area contributed by atoms with E-state index in [4.69, 9.17) is 10.5 Å². The van der Waals surface area contributed by atoms with E-state index in [-0.39, 0.29) is 30.0 Å². The van der Waals surface area contributed by atoms with Crippen LogP contribution in [0.2, 0.25) is 0 Å². The van der Waals surface area contributed by atoms with Gasteiger partial charge in [-0.05, 0) is 44.2 Å². The Bertz CT molecular complexity index is 1230. The van der Waals surface area contributed by atoms with Crippen LogP contribution in [-0.2, 0) is 6.18 Å². The van der Waals surface area contributed by atoms with Crippen molar-refractivity contribution in [3.63, 3.8) is 0 Å². The second kappa shape index (κ2) is 9.85. The Kier molecular flexibility index (Phi) is 7.25. The molecule has 0 unspecified atom stereocenters. The summed E-state index contributed by atoms with van der Waals surface area (Å²) in [6.45, 7) is 3.48. The Labute approximate surface area is 202 Å². The van der Waals surface area contributed by atoms with Crippen LogP contribution in [-0.4, -0.2) is 42.5 Å². The van der Waals surface area contributed by atoms with Gasteiger partial charge in [0.1, 0.15) is 0 Å². The maximum Gasteiger partial charge on any atom is 0.573 e. The number of urea groups is 1. The number of benzene rings is 2. The molecule has 3 rings (SSSR count). The fourth-order valence-electron chi connectivity index (χ4n) is 3.90. The lowest BCUT2D eigenvalue weighted by Gasteiger charge is -2.45. The number of rotatable bonds is 3. The van der Waals surface area contributed by atoms with Gasteiger partial charge in [0.25, 0.3) is 0 Å². The standard InChI is InChI=1S/C23H19F6N5O2/c1-13-12-34(21(35)32-19-6-3-15(9-30)7-20(19)36-23(27,28)29)14(2)11-33(13)17-5-4-16(10-31)18(8-17)22(24,25)26/h3-8,13-14H,11-12H2,1-2H3,(H,32,35)/t13-,14+/m0/s1. The van der Waals surface area contributed by atoms with Gasteiger partial charge in [-0.3, -0.25) is 0 Å². The Hall–Kier alpha value is -4.13. The summed E-state index contributed by atoms with van der Waals surface area (Å²) >= 11 is 0. The van der Waals surface area contributed by atoms with Gasteiger partial charge in [0.15, 0.2) is 5.75 Å². The number of hydrogen-bond acceptors (Lipinski definition) is 5. The average molecular weight is 511 g/mol. The molecular weight excluding hydrogens is 492 g/mol. The lowest BCUT2D eigenvalue weighted by molar-refractivity contribution is -0.274. The number of hydrogen-bond donors (Lipinski definition) is 1. The maximum absolute atomic E-state index is 13.4. The Balaban J connectivity index is 1.81. The quantitative estimate of drug-likeness (QED) is 0.551. The van der Waals surface area contributed by atoms with Crippen molar-refractivity contribution in [3.05, 3.63) is 53.1 Å². The fraction of sp³-hybridized carbons (Fsp3) is 0.348. The highest BCUT2D eigenvalue weighted by molar-refractivity contribution is 5.91. The van der Waals surface area contributed by atoms with E-state index in [1.54, 1.807) is 24.8 Å². The largest absolute Gasteiger partial charge is 0.573 e. The van der Waals surface area contributed by atoms with Crippen LogP contribution in [0.25, 0.3) is 0 Å². The zero-order chi connectivity index (χ0) is 26.8. The van der Waals surface area contributed by atoms with Gasteiger partial charge in [0.05, 0.1) is 34.5 Å². The maximum atomic E-state index is 13.4. The molecule has 7 nitrogen and oxygen atoms in total. The molecule has 0 bridgehead atoms. The number of nitriles is 2. The summed E-state index contributed by atoms with van der Waals surface area (Å²) in [6, 6.07) is 7.98. The SMILES string of the molecule is C[C@@H]1CN(c2ccc(C#N)c(C(F)(F)F)c2)[C@@H](C)CN1C(=O)Nc1ccc(C#N)cc1OC(F)(F)F. The molecule has 1 aliphatic rings. The summed E-state index contributed by atoms with van der Waals surface area (Å²) in [5.74, 6) is -0.758. The normalized spacial score (nSPS) is 18.3. The minimum Gasteiger partial charge on any atom is -0.404 e. The topological polar surface area (TPSA) is 92.4 Å². The second-order valence-corrected chi connectivity index (χ2v) is 8.14. The van der Waals surface area contributed by atoms with E-state index in [1.165, 1.54) is 23.1 Å². The summed E-state index contributed by atoms with van der Waals surface area (Å²) in [5, 5.41) is 20.3. The van der Waals surface area contributed by atoms with Crippen molar-refractivity contribution >= 4 is 17.4 Å². The fourth-order valence-corrected chi connectivity index (χ4v) is 3.90. The van der Waals surface area contributed by atoms with Crippen molar-refractivity contribution in [2.45, 2.75) is 38.5 Å². The molecule has 36 heavy (non-hydrogen) atoms. The first-order chi connectivity index (χ1) is 16.7. The van der Waals surface area contributed by atoms with Crippen molar-refractivity contribution in [3.8, 4) is 17.9 Å². The van der Waals surface area contributed by atoms with Crippen molar-refractivity contribution in [1.82, 2.24) is 4.90 Å². The predicted octanol–water partition coefficient (Wildman–Crippen LogP) is 5.48. The molecule has 190 valence electrons. The van der Waals surface area contributed by atoms with Gasteiger partial charge in [0.2, 0.25) is 0 Å². The lowest BCUT2D eigenvalue weighted by Crippen LogP contribution is -2.59. The van der Waals surface area contributed by atoms with Crippen LogP contribution in [0.4, 0.5) is 42.5 Å². The molecule has 0 aliphatic carbocycles. The van der Waals surface area contributed by atoms with Crippen LogP contribution in [0, 0.1) is 22.7 Å². The van der Waals surface area contributed by atoms with E-state index in [1.807, 2.05) is 0 Å². The molecule has 1 N–H and O–H groups in total. The minimum atomic E-state index is -5.06. The second-order valence-electron chi connectivity index (χ2n) is 8.14. The first-order valence-corrected chi connectivity index (χ1v) is 10.5. The third kappa shape index (κ3) is 5.92. The predicted molar refractivity (Wildman–Crippen MR) is 116 cm³/mol. The molecule has 1 saturated heterocycles. The van der Waals surface area contributed by atoms with E-state index >= 15 is 0 Å². The highest BCUT2D eigenvalue weighted by Crippen LogP contribution is 2.36. The Morgan fingerprint density at radius 2 is 1.69 bits per heavy atom. The summed E-state index contributed by atoms with van der Waals surface area (Å²) in [4.78, 5) is 15.9. The van der Waals surface area contributed by atoms with Crippen molar-refractivity contribution in [1.29, 1.82) is 10.5 Å². The number of amides is 2. The number of nitrogens with one attached hydrogen (secondary N) is 1. The first-order valence-electron chi connectivity index (χ1n) is 10.5. The average Bonchev–Trinajstić information content (AvgIpc) is 2.79. The van der Waals surface area contributed by atoms with Crippen LogP contribution in [0.15, 0.2) is 36.4 Å². The Morgan fingerprint density at radius 1 is 1.00 bits per heavy atom. The van der Waals surface area contributed by atoms with Crippen molar-refractivity contribution < 1.29 is 35.9 Å². The van der Waals surface area contributed by atoms with Crippen LogP contribution in [0.5, 0.6) is 5.75 Å². The molecule has 1 heterocycles. The van der Waals surface area contributed by atoms with Crippen molar-refractivity contribution in [2.75, 3.05) is 23.3 Å². The number of halogens is 6. The van der Waals surface area contributed by atoms with Crippen LogP contribution < -0.4 is 15.0 Å². The third-order valence-electron chi connectivity index (χ3n) is 5.59. The summed E-state index contributed by atoms with van der Waals surface area (Å²) in [5.41, 5.74) is -1.78. The number of anilines is 2. The number of ether oxygens (including phenoxy) is 1.